The number of thiophene rings is 1. The molecular formula is C24H17BrClN3O3S. The van der Waals surface area contributed by atoms with Gasteiger partial charge in [-0.3, -0.25) is 25.2 Å². The van der Waals surface area contributed by atoms with Gasteiger partial charge in [0, 0.05) is 25.8 Å². The van der Waals surface area contributed by atoms with Crippen LogP contribution in [0.3, 0.4) is 0 Å². The van der Waals surface area contributed by atoms with Gasteiger partial charge in [0.15, 0.2) is 0 Å². The van der Waals surface area contributed by atoms with Gasteiger partial charge in [-0.2, -0.15) is 0 Å². The van der Waals surface area contributed by atoms with E-state index < -0.39 is 11.8 Å². The number of hydrazine groups is 1. The van der Waals surface area contributed by atoms with Crippen molar-refractivity contribution in [3.05, 3.63) is 98.3 Å². The SMILES string of the molecule is O=C(Cc1ccccc1)Nc1ccc(C(=O)NNC(=O)c2sc3cc(Br)ccc3c2Cl)cc1. The zero-order chi connectivity index (χ0) is 23.4. The van der Waals surface area contributed by atoms with Crippen LogP contribution < -0.4 is 16.2 Å². The first-order valence-electron chi connectivity index (χ1n) is 9.83. The minimum absolute atomic E-state index is 0.155. The Kier molecular flexibility index (Phi) is 7.08. The zero-order valence-corrected chi connectivity index (χ0v) is 20.2. The molecule has 0 saturated heterocycles. The molecule has 9 heteroatoms. The van der Waals surface area contributed by atoms with Gasteiger partial charge in [-0.05, 0) is 42.0 Å². The molecule has 3 aromatic carbocycles. The first-order chi connectivity index (χ1) is 15.9. The highest BCUT2D eigenvalue weighted by Crippen LogP contribution is 2.36. The van der Waals surface area contributed by atoms with Crippen molar-refractivity contribution >= 4 is 72.4 Å². The van der Waals surface area contributed by atoms with Crippen LogP contribution in [0, 0.1) is 0 Å². The number of carbonyl (C=O) groups excluding carboxylic acids is 3. The van der Waals surface area contributed by atoms with E-state index in [1.165, 1.54) is 11.3 Å². The molecule has 0 bridgehead atoms. The fourth-order valence-corrected chi connectivity index (χ4v) is 5.08. The number of carbonyl (C=O) groups is 3. The van der Waals surface area contributed by atoms with E-state index in [4.69, 9.17) is 11.6 Å². The third-order valence-corrected chi connectivity index (χ3v) is 6.87. The molecule has 4 rings (SSSR count). The highest BCUT2D eigenvalue weighted by atomic mass is 79.9. The van der Waals surface area contributed by atoms with Gasteiger partial charge >= 0.3 is 0 Å². The Morgan fingerprint density at radius 2 is 1.58 bits per heavy atom. The molecule has 0 unspecified atom stereocenters. The topological polar surface area (TPSA) is 87.3 Å². The summed E-state index contributed by atoms with van der Waals surface area (Å²) in [5.74, 6) is -1.15. The Bertz CT molecular complexity index is 1340. The van der Waals surface area contributed by atoms with Crippen LogP contribution in [-0.2, 0) is 11.2 Å². The fraction of sp³-hybridized carbons (Fsp3) is 0.0417. The molecule has 3 N–H and O–H groups in total. The third-order valence-electron chi connectivity index (χ3n) is 4.73. The van der Waals surface area contributed by atoms with Gasteiger partial charge in [-0.25, -0.2) is 0 Å². The number of amides is 3. The van der Waals surface area contributed by atoms with E-state index >= 15 is 0 Å². The van der Waals surface area contributed by atoms with Crippen molar-refractivity contribution in [3.63, 3.8) is 0 Å². The molecule has 0 saturated carbocycles. The van der Waals surface area contributed by atoms with Crippen LogP contribution in [0.1, 0.15) is 25.6 Å². The summed E-state index contributed by atoms with van der Waals surface area (Å²) in [5.41, 5.74) is 6.58. The van der Waals surface area contributed by atoms with E-state index in [2.05, 4.69) is 32.1 Å². The van der Waals surface area contributed by atoms with Gasteiger partial charge < -0.3 is 5.32 Å². The lowest BCUT2D eigenvalue weighted by Gasteiger charge is -2.08. The van der Waals surface area contributed by atoms with Gasteiger partial charge in [0.25, 0.3) is 11.8 Å². The molecular weight excluding hydrogens is 526 g/mol. The second-order valence-electron chi connectivity index (χ2n) is 7.08. The Hall–Kier alpha value is -3.20. The molecule has 1 heterocycles. The number of halogens is 2. The van der Waals surface area contributed by atoms with E-state index in [9.17, 15) is 14.4 Å². The Morgan fingerprint density at radius 3 is 2.30 bits per heavy atom. The standard InChI is InChI=1S/C24H17BrClN3O3S/c25-16-8-11-18-19(13-16)33-22(21(18)26)24(32)29-28-23(31)15-6-9-17(10-7-15)27-20(30)12-14-4-2-1-3-5-14/h1-11,13H,12H2,(H,27,30)(H,28,31)(H,29,32). The second-order valence-corrected chi connectivity index (χ2v) is 9.43. The first kappa shape index (κ1) is 23.0. The molecule has 0 aliphatic carbocycles. The second kappa shape index (κ2) is 10.2. The van der Waals surface area contributed by atoms with Crippen LogP contribution in [0.2, 0.25) is 5.02 Å². The average molecular weight is 543 g/mol. The van der Waals surface area contributed by atoms with Gasteiger partial charge in [0.1, 0.15) is 4.88 Å². The summed E-state index contributed by atoms with van der Waals surface area (Å²) in [4.78, 5) is 37.4. The van der Waals surface area contributed by atoms with Crippen LogP contribution in [-0.4, -0.2) is 17.7 Å². The summed E-state index contributed by atoms with van der Waals surface area (Å²) in [6, 6.07) is 21.3. The molecule has 0 spiro atoms. The van der Waals surface area contributed by atoms with E-state index in [-0.39, 0.29) is 12.3 Å². The summed E-state index contributed by atoms with van der Waals surface area (Å²) in [6.45, 7) is 0. The minimum Gasteiger partial charge on any atom is -0.326 e. The third kappa shape index (κ3) is 5.60. The quantitative estimate of drug-likeness (QED) is 0.288. The summed E-state index contributed by atoms with van der Waals surface area (Å²) in [6.07, 6.45) is 0.256. The molecule has 6 nitrogen and oxygen atoms in total. The van der Waals surface area contributed by atoms with E-state index in [1.807, 2.05) is 48.5 Å². The number of benzene rings is 3. The van der Waals surface area contributed by atoms with Crippen LogP contribution >= 0.6 is 38.9 Å². The van der Waals surface area contributed by atoms with Crippen molar-refractivity contribution in [1.29, 1.82) is 0 Å². The van der Waals surface area contributed by atoms with Crippen molar-refractivity contribution in [2.24, 2.45) is 0 Å². The smallest absolute Gasteiger partial charge is 0.281 e. The van der Waals surface area contributed by atoms with Crippen LogP contribution in [0.5, 0.6) is 0 Å². The van der Waals surface area contributed by atoms with Gasteiger partial charge in [-0.15, -0.1) is 11.3 Å². The first-order valence-corrected chi connectivity index (χ1v) is 11.8. The Balaban J connectivity index is 1.33. The number of rotatable bonds is 5. The van der Waals surface area contributed by atoms with Crippen molar-refractivity contribution in [1.82, 2.24) is 10.9 Å². The molecule has 1 aromatic heterocycles. The molecule has 3 amide bonds. The molecule has 0 aliphatic rings. The average Bonchev–Trinajstić information content (AvgIpc) is 3.14. The lowest BCUT2D eigenvalue weighted by molar-refractivity contribution is -0.115. The summed E-state index contributed by atoms with van der Waals surface area (Å²) < 4.78 is 1.74. The molecule has 0 radical (unpaired) electrons. The molecule has 166 valence electrons. The van der Waals surface area contributed by atoms with Crippen molar-refractivity contribution in [3.8, 4) is 0 Å². The van der Waals surface area contributed by atoms with Crippen molar-refractivity contribution in [2.45, 2.75) is 6.42 Å². The van der Waals surface area contributed by atoms with Crippen LogP contribution in [0.25, 0.3) is 10.1 Å². The zero-order valence-electron chi connectivity index (χ0n) is 17.0. The Labute approximate surface area is 207 Å². The predicted molar refractivity (Wildman–Crippen MR) is 135 cm³/mol. The number of hydrogen-bond donors (Lipinski definition) is 3. The van der Waals surface area contributed by atoms with E-state index in [1.54, 1.807) is 24.3 Å². The Morgan fingerprint density at radius 1 is 0.879 bits per heavy atom. The van der Waals surface area contributed by atoms with E-state index in [0.717, 1.165) is 20.1 Å². The van der Waals surface area contributed by atoms with Gasteiger partial charge in [0.2, 0.25) is 5.91 Å². The normalized spacial score (nSPS) is 10.6. The van der Waals surface area contributed by atoms with Gasteiger partial charge in [-0.1, -0.05) is 63.9 Å². The summed E-state index contributed by atoms with van der Waals surface area (Å²) in [7, 11) is 0. The van der Waals surface area contributed by atoms with Crippen LogP contribution in [0.4, 0.5) is 5.69 Å². The highest BCUT2D eigenvalue weighted by Gasteiger charge is 2.18. The highest BCUT2D eigenvalue weighted by molar-refractivity contribution is 9.10. The van der Waals surface area contributed by atoms with Crippen molar-refractivity contribution < 1.29 is 14.4 Å². The van der Waals surface area contributed by atoms with Gasteiger partial charge in [0.05, 0.1) is 11.4 Å². The number of anilines is 1. The maximum atomic E-state index is 12.5. The fourth-order valence-electron chi connectivity index (χ4n) is 3.12. The van der Waals surface area contributed by atoms with Crippen LogP contribution in [0.15, 0.2) is 77.3 Å². The minimum atomic E-state index is -0.504. The predicted octanol–water partition coefficient (Wildman–Crippen LogP) is 5.57. The molecule has 33 heavy (non-hydrogen) atoms. The molecule has 4 aromatic rings. The largest absolute Gasteiger partial charge is 0.326 e. The number of nitrogens with one attached hydrogen (secondary N) is 3. The summed E-state index contributed by atoms with van der Waals surface area (Å²) >= 11 is 11.0. The monoisotopic (exact) mass is 541 g/mol. The maximum Gasteiger partial charge on any atom is 0.281 e. The molecule has 0 fully saturated rings. The lowest BCUT2D eigenvalue weighted by Crippen LogP contribution is -2.41. The van der Waals surface area contributed by atoms with E-state index in [0.29, 0.717) is 21.2 Å². The molecule has 0 atom stereocenters. The number of hydrogen-bond acceptors (Lipinski definition) is 4. The maximum absolute atomic E-state index is 12.5. The lowest BCUT2D eigenvalue weighted by atomic mass is 10.1. The summed E-state index contributed by atoms with van der Waals surface area (Å²) in [5, 5.41) is 3.90. The number of fused-ring (bicyclic) bond motifs is 1. The molecule has 0 aliphatic heterocycles. The van der Waals surface area contributed by atoms with Crippen molar-refractivity contribution in [2.75, 3.05) is 5.32 Å².